The number of imide groups is 1. The third kappa shape index (κ3) is 11.1. The van der Waals surface area contributed by atoms with Gasteiger partial charge in [0, 0.05) is 64.3 Å². The monoisotopic (exact) mass is 906 g/mol. The molecule has 1 aromatic rings. The lowest BCUT2D eigenvalue weighted by atomic mass is 9.83. The molecule has 0 radical (unpaired) electrons. The molecule has 0 aliphatic carbocycles. The number of ether oxygens (including phenoxy) is 5. The zero-order valence-electron chi connectivity index (χ0n) is 36.1. The summed E-state index contributed by atoms with van der Waals surface area (Å²) in [6.45, 7) is 6.83. The van der Waals surface area contributed by atoms with E-state index in [-0.39, 0.29) is 55.1 Å². The van der Waals surface area contributed by atoms with E-state index in [1.165, 1.54) is 49.8 Å². The van der Waals surface area contributed by atoms with Gasteiger partial charge in [-0.1, -0.05) is 42.3 Å². The van der Waals surface area contributed by atoms with E-state index in [9.17, 15) is 38.7 Å². The first-order valence-corrected chi connectivity index (χ1v) is 21.7. The number of thioether (sulfide) groups is 1. The molecule has 4 aliphatic rings. The minimum absolute atomic E-state index is 0.00366. The Morgan fingerprint density at radius 1 is 1.10 bits per heavy atom. The number of likely N-dealkylation sites (N-methyl/N-ethyl adjacent to an activating group) is 1. The third-order valence-electron chi connectivity index (χ3n) is 11.6. The first kappa shape index (κ1) is 48.3. The number of fused-ring (bicyclic) bond motifs is 5. The fraction of sp³-hybridized carbons (Fsp3) is 0.595. The Bertz CT molecular complexity index is 1980. The van der Waals surface area contributed by atoms with Crippen molar-refractivity contribution < 1.29 is 67.2 Å². The number of carbonyl (C=O) groups is 7. The summed E-state index contributed by atoms with van der Waals surface area (Å²) in [5.41, 5.74) is -1.14. The number of nitrogens with one attached hydrogen (secondary N) is 1. The highest BCUT2D eigenvalue weighted by atomic mass is 35.5. The Hall–Kier alpha value is -4.69. The average molecular weight is 907 g/mol. The Morgan fingerprint density at radius 3 is 2.44 bits per heavy atom. The predicted molar refractivity (Wildman–Crippen MR) is 225 cm³/mol. The van der Waals surface area contributed by atoms with Crippen LogP contribution in [0.25, 0.3) is 0 Å². The molecule has 5 rings (SSSR count). The summed E-state index contributed by atoms with van der Waals surface area (Å²) in [6, 6.07) is 2.42. The minimum Gasteiger partial charge on any atom is -0.495 e. The number of amides is 5. The minimum atomic E-state index is -1.87. The van der Waals surface area contributed by atoms with Crippen molar-refractivity contribution in [2.24, 2.45) is 5.92 Å². The van der Waals surface area contributed by atoms with Crippen molar-refractivity contribution in [1.82, 2.24) is 15.3 Å². The number of hydroxylamine groups is 2. The highest BCUT2D eigenvalue weighted by Gasteiger charge is 2.64. The van der Waals surface area contributed by atoms with E-state index in [4.69, 9.17) is 40.1 Å². The van der Waals surface area contributed by atoms with Crippen molar-refractivity contribution in [3.63, 3.8) is 0 Å². The number of methoxy groups -OCH3 is 2. The highest BCUT2D eigenvalue weighted by Crippen LogP contribution is 2.49. The van der Waals surface area contributed by atoms with Gasteiger partial charge in [-0.2, -0.15) is 11.8 Å². The number of anilines is 1. The number of halogens is 1. The number of epoxide rings is 1. The zero-order valence-corrected chi connectivity index (χ0v) is 37.7. The van der Waals surface area contributed by atoms with E-state index < -0.39 is 89.4 Å². The molecule has 340 valence electrons. The highest BCUT2D eigenvalue weighted by molar-refractivity contribution is 7.99. The Labute approximate surface area is 369 Å². The fourth-order valence-corrected chi connectivity index (χ4v) is 8.76. The Kier molecular flexibility index (Phi) is 15.8. The van der Waals surface area contributed by atoms with Crippen molar-refractivity contribution in [3.05, 3.63) is 46.5 Å². The molecule has 3 saturated heterocycles. The molecule has 5 amide bonds. The maximum atomic E-state index is 14.2. The number of carbonyl (C=O) groups excluding carboxylic acids is 7. The summed E-state index contributed by atoms with van der Waals surface area (Å²) in [7, 11) is 5.86. The summed E-state index contributed by atoms with van der Waals surface area (Å²) in [5.74, 6) is -3.30. The molecule has 8 atom stereocenters. The number of hydrogen-bond donors (Lipinski definition) is 2. The van der Waals surface area contributed by atoms with Crippen LogP contribution in [0.4, 0.5) is 10.5 Å². The first-order chi connectivity index (χ1) is 29.2. The van der Waals surface area contributed by atoms with Crippen LogP contribution >= 0.6 is 23.4 Å². The Morgan fingerprint density at radius 2 is 1.77 bits per heavy atom. The van der Waals surface area contributed by atoms with Gasteiger partial charge in [0.25, 0.3) is 11.8 Å². The molecule has 0 saturated carbocycles. The smallest absolute Gasteiger partial charge is 0.409 e. The quantitative estimate of drug-likeness (QED) is 0.132. The summed E-state index contributed by atoms with van der Waals surface area (Å²) in [4.78, 5) is 97.2. The molecule has 1 aromatic carbocycles. The van der Waals surface area contributed by atoms with Gasteiger partial charge in [0.1, 0.15) is 40.7 Å². The summed E-state index contributed by atoms with van der Waals surface area (Å²) in [5, 5.41) is 14.9. The van der Waals surface area contributed by atoms with Crippen molar-refractivity contribution in [2.75, 3.05) is 44.7 Å². The molecule has 2 N–H and O–H groups in total. The van der Waals surface area contributed by atoms with Crippen molar-refractivity contribution in [2.45, 2.75) is 114 Å². The number of allylic oxidation sites excluding steroid dienone is 3. The van der Waals surface area contributed by atoms with Crippen LogP contribution in [0.2, 0.25) is 5.02 Å². The summed E-state index contributed by atoms with van der Waals surface area (Å²) < 4.78 is 29.2. The molecule has 3 fully saturated rings. The second kappa shape index (κ2) is 20.2. The lowest BCUT2D eigenvalue weighted by molar-refractivity contribution is -0.197. The van der Waals surface area contributed by atoms with E-state index in [1.54, 1.807) is 45.2 Å². The van der Waals surface area contributed by atoms with Crippen LogP contribution in [-0.2, 0) is 59.0 Å². The van der Waals surface area contributed by atoms with Crippen LogP contribution in [0, 0.1) is 5.92 Å². The molecule has 1 unspecified atom stereocenters. The second-order valence-corrected chi connectivity index (χ2v) is 17.7. The number of benzene rings is 1. The Balaban J connectivity index is 1.33. The van der Waals surface area contributed by atoms with E-state index in [2.05, 4.69) is 5.32 Å². The first-order valence-electron chi connectivity index (χ1n) is 20.2. The van der Waals surface area contributed by atoms with Crippen LogP contribution in [0.1, 0.15) is 71.8 Å². The number of hydrogen-bond acceptors (Lipinski definition) is 15. The average Bonchev–Trinajstić information content (AvgIpc) is 3.83. The molecule has 0 aromatic heterocycles. The maximum absolute atomic E-state index is 14.2. The van der Waals surface area contributed by atoms with Crippen molar-refractivity contribution in [3.8, 4) is 5.75 Å². The standard InChI is InChI=1S/C42H55ClN4O14S/c1-23-10-9-11-30(57-8)42(55)22-29(58-40(54)44-42)24(2)38-41(4,60-38)31(21-35(51)46(6)27-19-26(18-23)20-28(56-7)37(27)43)59-39(53)25(3)45(5)32(48)14-16-62-17-15-36(52)61-47-33(49)12-13-34(47)50/h9-11,19-20,24-25,29-31,38,55H,12-18,21-22H2,1-8H3,(H,44,54)/b11-9+,23-10+/t24-,25+,29+,30-,31+,38+,41?,42+/m1/s1. The lowest BCUT2D eigenvalue weighted by Gasteiger charge is -2.42. The summed E-state index contributed by atoms with van der Waals surface area (Å²) >= 11 is 8.04. The molecule has 4 heterocycles. The van der Waals surface area contributed by atoms with Gasteiger partial charge in [-0.3, -0.25) is 24.5 Å². The molecule has 4 aliphatic heterocycles. The maximum Gasteiger partial charge on any atom is 0.409 e. The van der Waals surface area contributed by atoms with Gasteiger partial charge in [-0.15, -0.1) is 5.06 Å². The topological polar surface area (TPSA) is 220 Å². The van der Waals surface area contributed by atoms with Gasteiger partial charge in [-0.05, 0) is 44.9 Å². The van der Waals surface area contributed by atoms with Crippen molar-refractivity contribution in [1.29, 1.82) is 0 Å². The molecular formula is C42H55ClN4O14S. The normalized spacial score (nSPS) is 29.6. The lowest BCUT2D eigenvalue weighted by Crippen LogP contribution is -2.63. The van der Waals surface area contributed by atoms with Gasteiger partial charge in [0.15, 0.2) is 5.72 Å². The molecule has 0 spiro atoms. The second-order valence-electron chi connectivity index (χ2n) is 16.1. The fourth-order valence-electron chi connectivity index (χ4n) is 7.62. The number of aliphatic hydroxyl groups is 1. The SMILES string of the molecule is COc1cc2cc(c1Cl)N(C)C(=O)C[C@H](OC(=O)[C@H](C)N(C)C(=O)CCSCCC(=O)ON1C(=O)CCC1=O)C1(C)O[C@H]1[C@H](C)[C@@H]1C[C@@](O)(NC(=O)O1)[C@H](OC)/C=C/C=C(\C)C2. The molecule has 62 heavy (non-hydrogen) atoms. The van der Waals surface area contributed by atoms with E-state index >= 15 is 0 Å². The van der Waals surface area contributed by atoms with Crippen LogP contribution in [-0.4, -0.2) is 138 Å². The third-order valence-corrected chi connectivity index (χ3v) is 13.0. The van der Waals surface area contributed by atoms with E-state index in [0.29, 0.717) is 22.9 Å². The van der Waals surface area contributed by atoms with E-state index in [1.807, 2.05) is 13.0 Å². The van der Waals surface area contributed by atoms with Crippen molar-refractivity contribution >= 4 is 70.7 Å². The number of rotatable bonds is 12. The largest absolute Gasteiger partial charge is 0.495 e. The van der Waals surface area contributed by atoms with Gasteiger partial charge < -0.3 is 43.4 Å². The summed E-state index contributed by atoms with van der Waals surface area (Å²) in [6.07, 6.45) is 0.343. The molecule has 20 heteroatoms. The van der Waals surface area contributed by atoms with Crippen LogP contribution < -0.4 is 15.0 Å². The van der Waals surface area contributed by atoms with Gasteiger partial charge in [0.05, 0.1) is 31.7 Å². The molecule has 4 bridgehead atoms. The predicted octanol–water partition coefficient (Wildman–Crippen LogP) is 3.64. The van der Waals surface area contributed by atoms with Gasteiger partial charge in [-0.25, -0.2) is 14.4 Å². The number of nitrogens with zero attached hydrogens (tertiary/aromatic N) is 3. The van der Waals surface area contributed by atoms with Crippen LogP contribution in [0.5, 0.6) is 5.75 Å². The van der Waals surface area contributed by atoms with Crippen LogP contribution in [0.15, 0.2) is 35.9 Å². The van der Waals surface area contributed by atoms with Gasteiger partial charge >= 0.3 is 18.0 Å². The van der Waals surface area contributed by atoms with Gasteiger partial charge in [0.2, 0.25) is 11.8 Å². The number of alkyl carbamates (subject to hydrolysis) is 1. The zero-order chi connectivity index (χ0) is 45.7. The number of esters is 1. The van der Waals surface area contributed by atoms with E-state index in [0.717, 1.165) is 11.1 Å². The van der Waals surface area contributed by atoms with Crippen LogP contribution in [0.3, 0.4) is 0 Å². The molecular weight excluding hydrogens is 852 g/mol. The molecule has 18 nitrogen and oxygen atoms in total.